The summed E-state index contributed by atoms with van der Waals surface area (Å²) in [6, 6.07) is 8.05. The second-order valence-corrected chi connectivity index (χ2v) is 5.52. The molecule has 2 fully saturated rings. The zero-order chi connectivity index (χ0) is 14.8. The molecule has 5 nitrogen and oxygen atoms in total. The van der Waals surface area contributed by atoms with E-state index in [2.05, 4.69) is 0 Å². The summed E-state index contributed by atoms with van der Waals surface area (Å²) in [6.07, 6.45) is 2.70. The van der Waals surface area contributed by atoms with Crippen molar-refractivity contribution in [1.82, 2.24) is 9.80 Å². The van der Waals surface area contributed by atoms with Gasteiger partial charge in [0.1, 0.15) is 6.04 Å². The van der Waals surface area contributed by atoms with Gasteiger partial charge in [-0.1, -0.05) is 18.2 Å². The van der Waals surface area contributed by atoms with Crippen molar-refractivity contribution in [2.75, 3.05) is 13.1 Å². The van der Waals surface area contributed by atoms with Crippen LogP contribution in [0.5, 0.6) is 0 Å². The molecule has 110 valence electrons. The topological polar surface area (TPSA) is 57.7 Å². The van der Waals surface area contributed by atoms with E-state index in [1.54, 1.807) is 29.2 Å². The predicted octanol–water partition coefficient (Wildman–Crippen LogP) is 1.44. The minimum atomic E-state index is -0.622. The lowest BCUT2D eigenvalue weighted by Crippen LogP contribution is -2.48. The number of hydrogen-bond donors (Lipinski definition) is 0. The molecule has 1 atom stereocenters. The van der Waals surface area contributed by atoms with Crippen LogP contribution in [0.2, 0.25) is 0 Å². The van der Waals surface area contributed by atoms with Crippen LogP contribution in [-0.2, 0) is 9.59 Å². The van der Waals surface area contributed by atoms with Crippen molar-refractivity contribution in [3.8, 4) is 0 Å². The maximum Gasteiger partial charge on any atom is 0.261 e. The Balaban J connectivity index is 1.82. The van der Waals surface area contributed by atoms with Crippen molar-refractivity contribution in [2.24, 2.45) is 0 Å². The normalized spacial score (nSPS) is 21.9. The molecule has 0 saturated carbocycles. The third kappa shape index (κ3) is 2.55. The highest BCUT2D eigenvalue weighted by molar-refractivity contribution is 6.09. The van der Waals surface area contributed by atoms with E-state index in [-0.39, 0.29) is 24.1 Å². The number of nitrogens with zero attached hydrogens (tertiary/aromatic N) is 2. The lowest BCUT2D eigenvalue weighted by molar-refractivity contribution is -0.138. The quantitative estimate of drug-likeness (QED) is 0.773. The Kier molecular flexibility index (Phi) is 3.73. The molecule has 0 bridgehead atoms. The van der Waals surface area contributed by atoms with Gasteiger partial charge in [-0.05, 0) is 31.4 Å². The zero-order valence-corrected chi connectivity index (χ0v) is 11.8. The number of hydrogen-bond acceptors (Lipinski definition) is 3. The van der Waals surface area contributed by atoms with Gasteiger partial charge in [-0.15, -0.1) is 0 Å². The van der Waals surface area contributed by atoms with Gasteiger partial charge < -0.3 is 4.90 Å². The highest BCUT2D eigenvalue weighted by atomic mass is 16.2. The SMILES string of the molecule is O=C([C@@H]1CCC(=O)N1C(=O)c1ccccc1)N1CCCC1. The lowest BCUT2D eigenvalue weighted by Gasteiger charge is -2.26. The third-order valence-corrected chi connectivity index (χ3v) is 4.15. The molecule has 1 aromatic rings. The van der Waals surface area contributed by atoms with Crippen LogP contribution < -0.4 is 0 Å². The fraction of sp³-hybridized carbons (Fsp3) is 0.438. The van der Waals surface area contributed by atoms with E-state index in [0.29, 0.717) is 12.0 Å². The Morgan fingerprint density at radius 3 is 2.38 bits per heavy atom. The van der Waals surface area contributed by atoms with Gasteiger partial charge >= 0.3 is 0 Å². The minimum Gasteiger partial charge on any atom is -0.341 e. The number of carbonyl (C=O) groups is 3. The first-order chi connectivity index (χ1) is 10.2. The van der Waals surface area contributed by atoms with E-state index < -0.39 is 6.04 Å². The van der Waals surface area contributed by atoms with Crippen LogP contribution >= 0.6 is 0 Å². The number of likely N-dealkylation sites (tertiary alicyclic amines) is 2. The Hall–Kier alpha value is -2.17. The van der Waals surface area contributed by atoms with E-state index in [0.717, 1.165) is 30.8 Å². The summed E-state index contributed by atoms with van der Waals surface area (Å²) in [5, 5.41) is 0. The summed E-state index contributed by atoms with van der Waals surface area (Å²) in [4.78, 5) is 40.0. The Morgan fingerprint density at radius 2 is 1.71 bits per heavy atom. The van der Waals surface area contributed by atoms with Crippen molar-refractivity contribution in [2.45, 2.75) is 31.7 Å². The first-order valence-electron chi connectivity index (χ1n) is 7.39. The predicted molar refractivity (Wildman–Crippen MR) is 76.5 cm³/mol. The lowest BCUT2D eigenvalue weighted by atomic mass is 10.1. The maximum absolute atomic E-state index is 12.5. The fourth-order valence-corrected chi connectivity index (χ4v) is 3.04. The molecule has 0 aromatic heterocycles. The molecule has 3 rings (SSSR count). The van der Waals surface area contributed by atoms with E-state index in [9.17, 15) is 14.4 Å². The number of rotatable bonds is 2. The minimum absolute atomic E-state index is 0.0809. The molecule has 0 aliphatic carbocycles. The highest BCUT2D eigenvalue weighted by Crippen LogP contribution is 2.24. The molecule has 1 aromatic carbocycles. The van der Waals surface area contributed by atoms with E-state index in [1.807, 2.05) is 6.07 Å². The molecule has 21 heavy (non-hydrogen) atoms. The van der Waals surface area contributed by atoms with Crippen molar-refractivity contribution in [3.05, 3.63) is 35.9 Å². The molecule has 0 unspecified atom stereocenters. The van der Waals surface area contributed by atoms with Crippen molar-refractivity contribution in [3.63, 3.8) is 0 Å². The first-order valence-corrected chi connectivity index (χ1v) is 7.39. The second-order valence-electron chi connectivity index (χ2n) is 5.52. The smallest absolute Gasteiger partial charge is 0.261 e. The molecule has 2 saturated heterocycles. The van der Waals surface area contributed by atoms with Crippen molar-refractivity contribution < 1.29 is 14.4 Å². The van der Waals surface area contributed by atoms with Gasteiger partial charge in [-0.2, -0.15) is 0 Å². The average Bonchev–Trinajstić information content (AvgIpc) is 3.16. The molecule has 5 heteroatoms. The Morgan fingerprint density at radius 1 is 1.05 bits per heavy atom. The van der Waals surface area contributed by atoms with Crippen LogP contribution in [-0.4, -0.2) is 46.7 Å². The van der Waals surface area contributed by atoms with E-state index >= 15 is 0 Å². The summed E-state index contributed by atoms with van der Waals surface area (Å²) in [5.41, 5.74) is 0.451. The number of carbonyl (C=O) groups excluding carboxylic acids is 3. The van der Waals surface area contributed by atoms with Gasteiger partial charge in [0, 0.05) is 25.1 Å². The first kappa shape index (κ1) is 13.8. The van der Waals surface area contributed by atoms with Gasteiger partial charge in [0.05, 0.1) is 0 Å². The molecular formula is C16H18N2O3. The molecule has 0 N–H and O–H groups in total. The van der Waals surface area contributed by atoms with Gasteiger partial charge in [-0.3, -0.25) is 19.3 Å². The molecular weight excluding hydrogens is 268 g/mol. The summed E-state index contributed by atoms with van der Waals surface area (Å²) in [7, 11) is 0. The van der Waals surface area contributed by atoms with Crippen LogP contribution in [0.15, 0.2) is 30.3 Å². The molecule has 2 heterocycles. The van der Waals surface area contributed by atoms with Crippen LogP contribution in [0.3, 0.4) is 0 Å². The molecule has 0 spiro atoms. The summed E-state index contributed by atoms with van der Waals surface area (Å²) in [6.45, 7) is 1.47. The van der Waals surface area contributed by atoms with Crippen molar-refractivity contribution >= 4 is 17.7 Å². The zero-order valence-electron chi connectivity index (χ0n) is 11.8. The average molecular weight is 286 g/mol. The Bertz CT molecular complexity index is 564. The number of benzene rings is 1. The molecule has 2 aliphatic rings. The molecule has 3 amide bonds. The Labute approximate surface area is 123 Å². The molecule has 0 radical (unpaired) electrons. The summed E-state index contributed by atoms with van der Waals surface area (Å²) >= 11 is 0. The van der Waals surface area contributed by atoms with E-state index in [1.165, 1.54) is 0 Å². The number of imide groups is 1. The second kappa shape index (κ2) is 5.68. The van der Waals surface area contributed by atoms with E-state index in [4.69, 9.17) is 0 Å². The highest BCUT2D eigenvalue weighted by Gasteiger charge is 2.42. The summed E-state index contributed by atoms with van der Waals surface area (Å²) < 4.78 is 0. The van der Waals surface area contributed by atoms with Gasteiger partial charge in [0.15, 0.2) is 0 Å². The maximum atomic E-state index is 12.5. The van der Waals surface area contributed by atoms with Crippen LogP contribution in [0.25, 0.3) is 0 Å². The fourth-order valence-electron chi connectivity index (χ4n) is 3.04. The summed E-state index contributed by atoms with van der Waals surface area (Å²) in [5.74, 6) is -0.695. The van der Waals surface area contributed by atoms with Crippen LogP contribution in [0.1, 0.15) is 36.0 Å². The van der Waals surface area contributed by atoms with Gasteiger partial charge in [-0.25, -0.2) is 0 Å². The monoisotopic (exact) mass is 286 g/mol. The van der Waals surface area contributed by atoms with Gasteiger partial charge in [0.2, 0.25) is 11.8 Å². The standard InChI is InChI=1S/C16H18N2O3/c19-14-9-8-13(16(21)17-10-4-5-11-17)18(14)15(20)12-6-2-1-3-7-12/h1-3,6-7,13H,4-5,8-11H2/t13-/m0/s1. The third-order valence-electron chi connectivity index (χ3n) is 4.15. The van der Waals surface area contributed by atoms with Crippen LogP contribution in [0.4, 0.5) is 0 Å². The van der Waals surface area contributed by atoms with Gasteiger partial charge in [0.25, 0.3) is 5.91 Å². The molecule has 2 aliphatic heterocycles. The number of amides is 3. The van der Waals surface area contributed by atoms with Crippen LogP contribution in [0, 0.1) is 0 Å². The largest absolute Gasteiger partial charge is 0.341 e. The van der Waals surface area contributed by atoms with Crippen molar-refractivity contribution in [1.29, 1.82) is 0 Å².